The fourth-order valence-corrected chi connectivity index (χ4v) is 2.25. The molecule has 100 valence electrons. The number of nitrogens with zero attached hydrogens (tertiary/aromatic N) is 3. The summed E-state index contributed by atoms with van der Waals surface area (Å²) < 4.78 is 1.76. The first-order chi connectivity index (χ1) is 9.13. The molecule has 2 rings (SSSR count). The van der Waals surface area contributed by atoms with Gasteiger partial charge in [0, 0.05) is 19.3 Å². The van der Waals surface area contributed by atoms with E-state index < -0.39 is 0 Å². The second-order valence-electron chi connectivity index (χ2n) is 4.57. The summed E-state index contributed by atoms with van der Waals surface area (Å²) in [5.74, 6) is 0.0273. The van der Waals surface area contributed by atoms with Gasteiger partial charge in [-0.3, -0.25) is 14.4 Å². The van der Waals surface area contributed by atoms with Gasteiger partial charge in [0.25, 0.3) is 0 Å². The van der Waals surface area contributed by atoms with Crippen LogP contribution in [0.5, 0.6) is 0 Å². The normalized spacial score (nSPS) is 10.5. The maximum Gasteiger partial charge on any atom is 0.225 e. The molecule has 0 N–H and O–H groups in total. The summed E-state index contributed by atoms with van der Waals surface area (Å²) in [7, 11) is 0. The molecular formula is C15H19N3O. The molecule has 1 aromatic carbocycles. The Labute approximate surface area is 113 Å². The summed E-state index contributed by atoms with van der Waals surface area (Å²) >= 11 is 0. The first kappa shape index (κ1) is 13.3. The topological polar surface area (TPSA) is 38.1 Å². The Bertz CT molecular complexity index is 561. The SMILES string of the molecule is CCc1cccc(C)c1N(Cn1cccn1)C(C)=O. The van der Waals surface area contributed by atoms with Gasteiger partial charge in [0.2, 0.25) is 5.91 Å². The Hall–Kier alpha value is -2.10. The highest BCUT2D eigenvalue weighted by Crippen LogP contribution is 2.26. The molecule has 0 fully saturated rings. The highest BCUT2D eigenvalue weighted by Gasteiger charge is 2.17. The van der Waals surface area contributed by atoms with Crippen LogP contribution in [0.4, 0.5) is 5.69 Å². The summed E-state index contributed by atoms with van der Waals surface area (Å²) in [5.41, 5.74) is 3.30. The lowest BCUT2D eigenvalue weighted by Crippen LogP contribution is -2.32. The number of aryl methyl sites for hydroxylation is 2. The number of benzene rings is 1. The van der Waals surface area contributed by atoms with Crippen molar-refractivity contribution < 1.29 is 4.79 Å². The number of para-hydroxylation sites is 1. The Morgan fingerprint density at radius 3 is 2.74 bits per heavy atom. The van der Waals surface area contributed by atoms with Gasteiger partial charge >= 0.3 is 0 Å². The van der Waals surface area contributed by atoms with Crippen molar-refractivity contribution in [2.75, 3.05) is 4.90 Å². The van der Waals surface area contributed by atoms with Crippen LogP contribution in [0.3, 0.4) is 0 Å². The van der Waals surface area contributed by atoms with Crippen molar-refractivity contribution in [2.45, 2.75) is 33.9 Å². The van der Waals surface area contributed by atoms with Crippen molar-refractivity contribution in [2.24, 2.45) is 0 Å². The molecule has 1 heterocycles. The molecule has 0 atom stereocenters. The van der Waals surface area contributed by atoms with Crippen molar-refractivity contribution in [3.8, 4) is 0 Å². The van der Waals surface area contributed by atoms with Crippen LogP contribution in [0.2, 0.25) is 0 Å². The van der Waals surface area contributed by atoms with Gasteiger partial charge in [-0.15, -0.1) is 0 Å². The average Bonchev–Trinajstić information content (AvgIpc) is 2.89. The number of carbonyl (C=O) groups excluding carboxylic acids is 1. The molecule has 0 spiro atoms. The minimum absolute atomic E-state index is 0.0273. The molecule has 4 nitrogen and oxygen atoms in total. The number of amides is 1. The predicted octanol–water partition coefficient (Wildman–Crippen LogP) is 2.76. The van der Waals surface area contributed by atoms with E-state index in [0.717, 1.165) is 17.7 Å². The molecule has 19 heavy (non-hydrogen) atoms. The van der Waals surface area contributed by atoms with E-state index in [1.54, 1.807) is 22.7 Å². The Balaban J connectivity index is 2.42. The van der Waals surface area contributed by atoms with E-state index >= 15 is 0 Å². The van der Waals surface area contributed by atoms with Crippen molar-refractivity contribution in [3.05, 3.63) is 47.8 Å². The van der Waals surface area contributed by atoms with Gasteiger partial charge in [-0.1, -0.05) is 25.1 Å². The minimum atomic E-state index is 0.0273. The molecule has 1 aromatic heterocycles. The molecule has 0 bridgehead atoms. The van der Waals surface area contributed by atoms with Gasteiger partial charge in [-0.25, -0.2) is 0 Å². The van der Waals surface area contributed by atoms with Crippen LogP contribution in [0, 0.1) is 6.92 Å². The third-order valence-corrected chi connectivity index (χ3v) is 3.20. The van der Waals surface area contributed by atoms with E-state index in [1.165, 1.54) is 5.56 Å². The standard InChI is InChI=1S/C15H19N3O/c1-4-14-8-5-7-12(2)15(14)18(13(3)19)11-17-10-6-9-16-17/h5-10H,4,11H2,1-3H3. The summed E-state index contributed by atoms with van der Waals surface area (Å²) in [6, 6.07) is 8.00. The van der Waals surface area contributed by atoms with E-state index in [-0.39, 0.29) is 5.91 Å². The second kappa shape index (κ2) is 5.69. The van der Waals surface area contributed by atoms with Gasteiger partial charge in [-0.2, -0.15) is 5.10 Å². The molecule has 4 heteroatoms. The number of carbonyl (C=O) groups is 1. The largest absolute Gasteiger partial charge is 0.292 e. The highest BCUT2D eigenvalue weighted by atomic mass is 16.2. The third kappa shape index (κ3) is 2.84. The molecule has 1 amide bonds. The van der Waals surface area contributed by atoms with Crippen molar-refractivity contribution in [1.82, 2.24) is 9.78 Å². The number of hydrogen-bond donors (Lipinski definition) is 0. The number of hydrogen-bond acceptors (Lipinski definition) is 2. The first-order valence-corrected chi connectivity index (χ1v) is 6.47. The Morgan fingerprint density at radius 1 is 1.37 bits per heavy atom. The van der Waals surface area contributed by atoms with Gasteiger partial charge in [-0.05, 0) is 30.5 Å². The van der Waals surface area contributed by atoms with E-state index in [2.05, 4.69) is 18.1 Å². The molecule has 0 radical (unpaired) electrons. The van der Waals surface area contributed by atoms with Crippen LogP contribution in [0.15, 0.2) is 36.7 Å². The van der Waals surface area contributed by atoms with Gasteiger partial charge in [0.1, 0.15) is 6.67 Å². The van der Waals surface area contributed by atoms with E-state index in [9.17, 15) is 4.79 Å². The predicted molar refractivity (Wildman–Crippen MR) is 75.9 cm³/mol. The molecule has 0 saturated heterocycles. The lowest BCUT2D eigenvalue weighted by Gasteiger charge is -2.25. The van der Waals surface area contributed by atoms with Crippen LogP contribution >= 0.6 is 0 Å². The molecule has 0 aliphatic heterocycles. The molecule has 0 saturated carbocycles. The lowest BCUT2D eigenvalue weighted by molar-refractivity contribution is -0.117. The van der Waals surface area contributed by atoms with Gasteiger partial charge in [0.15, 0.2) is 0 Å². The molecule has 0 unspecified atom stereocenters. The van der Waals surface area contributed by atoms with Crippen LogP contribution in [0.25, 0.3) is 0 Å². The Kier molecular flexibility index (Phi) is 4.00. The van der Waals surface area contributed by atoms with Crippen LogP contribution in [-0.4, -0.2) is 15.7 Å². The number of rotatable bonds is 4. The monoisotopic (exact) mass is 257 g/mol. The van der Waals surface area contributed by atoms with E-state index in [0.29, 0.717) is 6.67 Å². The highest BCUT2D eigenvalue weighted by molar-refractivity contribution is 5.92. The maximum absolute atomic E-state index is 12.0. The van der Waals surface area contributed by atoms with Crippen molar-refractivity contribution in [1.29, 1.82) is 0 Å². The Morgan fingerprint density at radius 2 is 2.16 bits per heavy atom. The van der Waals surface area contributed by atoms with Crippen LogP contribution < -0.4 is 4.90 Å². The van der Waals surface area contributed by atoms with E-state index in [4.69, 9.17) is 0 Å². The summed E-state index contributed by atoms with van der Waals surface area (Å²) in [5, 5.41) is 4.17. The fourth-order valence-electron chi connectivity index (χ4n) is 2.25. The second-order valence-corrected chi connectivity index (χ2v) is 4.57. The summed E-state index contributed by atoms with van der Waals surface area (Å²) in [6.45, 7) is 6.17. The average molecular weight is 257 g/mol. The van der Waals surface area contributed by atoms with Gasteiger partial charge < -0.3 is 0 Å². The smallest absolute Gasteiger partial charge is 0.225 e. The number of anilines is 1. The zero-order chi connectivity index (χ0) is 13.8. The minimum Gasteiger partial charge on any atom is -0.292 e. The summed E-state index contributed by atoms with van der Waals surface area (Å²) in [6.07, 6.45) is 4.48. The molecular weight excluding hydrogens is 238 g/mol. The zero-order valence-electron chi connectivity index (χ0n) is 11.6. The third-order valence-electron chi connectivity index (χ3n) is 3.20. The fraction of sp³-hybridized carbons (Fsp3) is 0.333. The molecule has 2 aromatic rings. The summed E-state index contributed by atoms with van der Waals surface area (Å²) in [4.78, 5) is 13.8. The van der Waals surface area contributed by atoms with E-state index in [1.807, 2.05) is 31.3 Å². The zero-order valence-corrected chi connectivity index (χ0v) is 11.6. The molecule has 0 aliphatic carbocycles. The maximum atomic E-state index is 12.0. The quantitative estimate of drug-likeness (QED) is 0.844. The van der Waals surface area contributed by atoms with Gasteiger partial charge in [0.05, 0.1) is 5.69 Å². The van der Waals surface area contributed by atoms with Crippen LogP contribution in [0.1, 0.15) is 25.0 Å². The van der Waals surface area contributed by atoms with Crippen molar-refractivity contribution >= 4 is 11.6 Å². The first-order valence-electron chi connectivity index (χ1n) is 6.47. The number of aromatic nitrogens is 2. The molecule has 0 aliphatic rings. The lowest BCUT2D eigenvalue weighted by atomic mass is 10.0. The van der Waals surface area contributed by atoms with Crippen molar-refractivity contribution in [3.63, 3.8) is 0 Å². The van der Waals surface area contributed by atoms with Crippen LogP contribution in [-0.2, 0) is 17.9 Å².